The second-order valence-corrected chi connectivity index (χ2v) is 4.63. The number of aliphatic carboxylic acids is 1. The molecule has 1 atom stereocenters. The van der Waals surface area contributed by atoms with Gasteiger partial charge in [0.25, 0.3) is 5.91 Å². The summed E-state index contributed by atoms with van der Waals surface area (Å²) >= 11 is 0. The fourth-order valence-corrected chi connectivity index (χ4v) is 1.90. The summed E-state index contributed by atoms with van der Waals surface area (Å²) in [5.41, 5.74) is 1.28. The Balaban J connectivity index is 2.68. The van der Waals surface area contributed by atoms with Crippen LogP contribution in [-0.4, -0.2) is 43.9 Å². The molecule has 0 spiro atoms. The fourth-order valence-electron chi connectivity index (χ4n) is 1.90. The molecule has 0 saturated carbocycles. The number of benzene rings is 1. The van der Waals surface area contributed by atoms with Gasteiger partial charge >= 0.3 is 5.97 Å². The highest BCUT2D eigenvalue weighted by Gasteiger charge is 2.20. The average Bonchev–Trinajstić information content (AvgIpc) is 2.46. The molecule has 2 N–H and O–H groups in total. The molecule has 0 fully saturated rings. The summed E-state index contributed by atoms with van der Waals surface area (Å²) in [7, 11) is 3.12. The van der Waals surface area contributed by atoms with Gasteiger partial charge < -0.3 is 19.9 Å². The standard InChI is InChI=1S/C15H21NO5/c1-20-8-4-7-13(15(18)19)16-14(17)12-6-3-5-11(9-12)10-21-2/h3,5-6,9,13H,4,7-8,10H2,1-2H3,(H,16,17)(H,18,19). The molecule has 6 nitrogen and oxygen atoms in total. The van der Waals surface area contributed by atoms with Crippen LogP contribution in [0.3, 0.4) is 0 Å². The molecule has 1 amide bonds. The van der Waals surface area contributed by atoms with Crippen molar-refractivity contribution in [3.05, 3.63) is 35.4 Å². The molecule has 1 rings (SSSR count). The lowest BCUT2D eigenvalue weighted by molar-refractivity contribution is -0.139. The summed E-state index contributed by atoms with van der Waals surface area (Å²) in [6.07, 6.45) is 0.893. The van der Waals surface area contributed by atoms with Crippen LogP contribution in [-0.2, 0) is 20.9 Å². The number of rotatable bonds is 9. The first kappa shape index (κ1) is 17.1. The lowest BCUT2D eigenvalue weighted by Gasteiger charge is -2.14. The van der Waals surface area contributed by atoms with Crippen molar-refractivity contribution in [3.8, 4) is 0 Å². The Morgan fingerprint density at radius 1 is 1.29 bits per heavy atom. The van der Waals surface area contributed by atoms with Gasteiger partial charge in [-0.1, -0.05) is 12.1 Å². The SMILES string of the molecule is COCCCC(NC(=O)c1cccc(COC)c1)C(=O)O. The number of carbonyl (C=O) groups excluding carboxylic acids is 1. The summed E-state index contributed by atoms with van der Waals surface area (Å²) < 4.78 is 9.89. The van der Waals surface area contributed by atoms with Gasteiger partial charge in [0.15, 0.2) is 0 Å². The number of carboxylic acids is 1. The number of hydrogen-bond donors (Lipinski definition) is 2. The zero-order valence-corrected chi connectivity index (χ0v) is 12.3. The van der Waals surface area contributed by atoms with Crippen LogP contribution in [0.15, 0.2) is 24.3 Å². The molecule has 6 heteroatoms. The van der Waals surface area contributed by atoms with Gasteiger partial charge in [-0.25, -0.2) is 4.79 Å². The van der Waals surface area contributed by atoms with Crippen molar-refractivity contribution in [2.45, 2.75) is 25.5 Å². The van der Waals surface area contributed by atoms with Crippen molar-refractivity contribution in [1.29, 1.82) is 0 Å². The Hall–Kier alpha value is -1.92. The van der Waals surface area contributed by atoms with Gasteiger partial charge in [-0.05, 0) is 30.5 Å². The Morgan fingerprint density at radius 2 is 2.05 bits per heavy atom. The van der Waals surface area contributed by atoms with Gasteiger partial charge in [-0.3, -0.25) is 4.79 Å². The second-order valence-electron chi connectivity index (χ2n) is 4.63. The van der Waals surface area contributed by atoms with E-state index in [1.807, 2.05) is 6.07 Å². The number of carboxylic acid groups (broad SMARTS) is 1. The Kier molecular flexibility index (Phi) is 7.42. The van der Waals surface area contributed by atoms with Gasteiger partial charge in [0.1, 0.15) is 6.04 Å². The molecule has 1 aromatic carbocycles. The van der Waals surface area contributed by atoms with Crippen LogP contribution in [0.1, 0.15) is 28.8 Å². The molecule has 0 aliphatic carbocycles. The second kappa shape index (κ2) is 9.10. The van der Waals surface area contributed by atoms with Crippen LogP contribution in [0, 0.1) is 0 Å². The van der Waals surface area contributed by atoms with Gasteiger partial charge in [0.2, 0.25) is 0 Å². The minimum Gasteiger partial charge on any atom is -0.480 e. The minimum atomic E-state index is -1.05. The van der Waals surface area contributed by atoms with E-state index in [0.29, 0.717) is 31.6 Å². The first-order valence-corrected chi connectivity index (χ1v) is 6.69. The third-order valence-electron chi connectivity index (χ3n) is 2.94. The minimum absolute atomic E-state index is 0.326. The molecule has 0 saturated heterocycles. The van der Waals surface area contributed by atoms with Gasteiger partial charge in [0.05, 0.1) is 6.61 Å². The third kappa shape index (κ3) is 5.93. The first-order chi connectivity index (χ1) is 10.1. The van der Waals surface area contributed by atoms with Gasteiger partial charge in [-0.15, -0.1) is 0 Å². The Morgan fingerprint density at radius 3 is 2.67 bits per heavy atom. The predicted octanol–water partition coefficient (Wildman–Crippen LogP) is 1.44. The third-order valence-corrected chi connectivity index (χ3v) is 2.94. The molecule has 0 aliphatic rings. The summed E-state index contributed by atoms with van der Waals surface area (Å²) in [5.74, 6) is -1.45. The molecule has 116 valence electrons. The molecule has 0 bridgehead atoms. The molecule has 0 aliphatic heterocycles. The van der Waals surface area contributed by atoms with Crippen LogP contribution in [0.4, 0.5) is 0 Å². The maximum atomic E-state index is 12.1. The van der Waals surface area contributed by atoms with E-state index in [1.54, 1.807) is 32.4 Å². The van der Waals surface area contributed by atoms with E-state index in [0.717, 1.165) is 5.56 Å². The molecule has 0 heterocycles. The summed E-state index contributed by atoms with van der Waals surface area (Å²) in [6, 6.07) is 5.99. The number of amides is 1. The maximum absolute atomic E-state index is 12.1. The normalized spacial score (nSPS) is 11.9. The molecule has 1 aromatic rings. The van der Waals surface area contributed by atoms with Crippen molar-refractivity contribution < 1.29 is 24.2 Å². The molecule has 1 unspecified atom stereocenters. The topological polar surface area (TPSA) is 84.9 Å². The highest BCUT2D eigenvalue weighted by molar-refractivity contribution is 5.96. The van der Waals surface area contributed by atoms with E-state index >= 15 is 0 Å². The van der Waals surface area contributed by atoms with Gasteiger partial charge in [-0.2, -0.15) is 0 Å². The summed E-state index contributed by atoms with van der Waals surface area (Å²) in [6.45, 7) is 0.861. The van der Waals surface area contributed by atoms with Crippen molar-refractivity contribution >= 4 is 11.9 Å². The lowest BCUT2D eigenvalue weighted by atomic mass is 10.1. The fraction of sp³-hybridized carbons (Fsp3) is 0.467. The van der Waals surface area contributed by atoms with Crippen molar-refractivity contribution in [1.82, 2.24) is 5.32 Å². The van der Waals surface area contributed by atoms with Crippen molar-refractivity contribution in [2.24, 2.45) is 0 Å². The molecular formula is C15H21NO5. The van der Waals surface area contributed by atoms with Crippen LogP contribution in [0.5, 0.6) is 0 Å². The van der Waals surface area contributed by atoms with E-state index in [2.05, 4.69) is 5.32 Å². The lowest BCUT2D eigenvalue weighted by Crippen LogP contribution is -2.40. The maximum Gasteiger partial charge on any atom is 0.326 e. The van der Waals surface area contributed by atoms with Crippen LogP contribution in [0.2, 0.25) is 0 Å². The quantitative estimate of drug-likeness (QED) is 0.673. The molecular weight excluding hydrogens is 274 g/mol. The average molecular weight is 295 g/mol. The molecule has 0 radical (unpaired) electrons. The summed E-state index contributed by atoms with van der Waals surface area (Å²) in [4.78, 5) is 23.3. The number of ether oxygens (including phenoxy) is 2. The largest absolute Gasteiger partial charge is 0.480 e. The number of nitrogens with one attached hydrogen (secondary N) is 1. The molecule has 0 aromatic heterocycles. The van der Waals surface area contributed by atoms with Crippen molar-refractivity contribution in [2.75, 3.05) is 20.8 Å². The molecule has 21 heavy (non-hydrogen) atoms. The van der Waals surface area contributed by atoms with E-state index in [4.69, 9.17) is 14.6 Å². The Labute approximate surface area is 124 Å². The van der Waals surface area contributed by atoms with Crippen LogP contribution >= 0.6 is 0 Å². The number of carbonyl (C=O) groups is 2. The van der Waals surface area contributed by atoms with Crippen molar-refractivity contribution in [3.63, 3.8) is 0 Å². The van der Waals surface area contributed by atoms with Crippen LogP contribution < -0.4 is 5.32 Å². The summed E-state index contributed by atoms with van der Waals surface area (Å²) in [5, 5.41) is 11.7. The predicted molar refractivity (Wildman–Crippen MR) is 77.2 cm³/mol. The number of methoxy groups -OCH3 is 2. The Bertz CT molecular complexity index is 475. The van der Waals surface area contributed by atoms with Crippen LogP contribution in [0.25, 0.3) is 0 Å². The highest BCUT2D eigenvalue weighted by atomic mass is 16.5. The van der Waals surface area contributed by atoms with E-state index in [1.165, 1.54) is 0 Å². The van der Waals surface area contributed by atoms with E-state index in [-0.39, 0.29) is 0 Å². The first-order valence-electron chi connectivity index (χ1n) is 6.69. The smallest absolute Gasteiger partial charge is 0.326 e. The van der Waals surface area contributed by atoms with Gasteiger partial charge in [0, 0.05) is 26.4 Å². The zero-order chi connectivity index (χ0) is 15.7. The number of hydrogen-bond acceptors (Lipinski definition) is 4. The zero-order valence-electron chi connectivity index (χ0n) is 12.3. The van der Waals surface area contributed by atoms with E-state index < -0.39 is 17.9 Å². The monoisotopic (exact) mass is 295 g/mol. The van der Waals surface area contributed by atoms with E-state index in [9.17, 15) is 9.59 Å². The highest BCUT2D eigenvalue weighted by Crippen LogP contribution is 2.08.